The maximum Gasteiger partial charge on any atom is 0.262 e. The van der Waals surface area contributed by atoms with Crippen LogP contribution in [0.15, 0.2) is 53.9 Å². The fraction of sp³-hybridized carbons (Fsp3) is 0.158. The largest absolute Gasteiger partial charge is 0.497 e. The van der Waals surface area contributed by atoms with Crippen molar-refractivity contribution >= 4 is 22.9 Å². The second-order valence-electron chi connectivity index (χ2n) is 5.35. The molecule has 0 bridgehead atoms. The van der Waals surface area contributed by atoms with Crippen molar-refractivity contribution in [3.8, 4) is 22.8 Å². The molecule has 128 valence electrons. The maximum atomic E-state index is 12.1. The molecule has 1 heterocycles. The summed E-state index contributed by atoms with van der Waals surface area (Å²) in [6.07, 6.45) is 0. The van der Waals surface area contributed by atoms with Gasteiger partial charge in [0.25, 0.3) is 5.91 Å². The zero-order chi connectivity index (χ0) is 17.6. The summed E-state index contributed by atoms with van der Waals surface area (Å²) in [5, 5.41) is 5.85. The van der Waals surface area contributed by atoms with Crippen LogP contribution in [-0.2, 0) is 4.79 Å². The van der Waals surface area contributed by atoms with Gasteiger partial charge in [0.2, 0.25) is 0 Å². The Morgan fingerprint density at radius 3 is 2.72 bits per heavy atom. The minimum atomic E-state index is -0.227. The van der Waals surface area contributed by atoms with Gasteiger partial charge in [-0.15, -0.1) is 11.3 Å². The van der Waals surface area contributed by atoms with E-state index in [1.54, 1.807) is 30.6 Å². The number of rotatable bonds is 6. The Bertz CT molecular complexity index is 876. The van der Waals surface area contributed by atoms with Gasteiger partial charge < -0.3 is 14.8 Å². The van der Waals surface area contributed by atoms with Crippen molar-refractivity contribution < 1.29 is 14.3 Å². The van der Waals surface area contributed by atoms with E-state index in [0.717, 1.165) is 16.3 Å². The highest BCUT2D eigenvalue weighted by atomic mass is 32.1. The van der Waals surface area contributed by atoms with Crippen molar-refractivity contribution in [1.29, 1.82) is 0 Å². The Labute approximate surface area is 150 Å². The smallest absolute Gasteiger partial charge is 0.262 e. The zero-order valence-corrected chi connectivity index (χ0v) is 14.8. The highest BCUT2D eigenvalue weighted by molar-refractivity contribution is 7.09. The number of aromatic nitrogens is 1. The molecule has 0 aliphatic carbocycles. The second kappa shape index (κ2) is 7.81. The molecule has 0 saturated heterocycles. The molecular formula is C19H18N2O3S. The van der Waals surface area contributed by atoms with Gasteiger partial charge in [-0.2, -0.15) is 0 Å². The lowest BCUT2D eigenvalue weighted by Gasteiger charge is -2.09. The summed E-state index contributed by atoms with van der Waals surface area (Å²) in [7, 11) is 1.59. The molecule has 2 aromatic carbocycles. The Hall–Kier alpha value is -2.86. The number of methoxy groups -OCH3 is 1. The van der Waals surface area contributed by atoms with Crippen molar-refractivity contribution in [3.63, 3.8) is 0 Å². The molecule has 0 spiro atoms. The number of carbonyl (C=O) groups is 1. The van der Waals surface area contributed by atoms with Gasteiger partial charge in [0.05, 0.1) is 17.8 Å². The van der Waals surface area contributed by atoms with Gasteiger partial charge in [0, 0.05) is 22.7 Å². The standard InChI is InChI=1S/C19H18N2O3S/c1-13-20-18(12-25-13)14-5-3-6-15(9-14)21-19(22)11-24-17-8-4-7-16(10-17)23-2/h3-10,12H,11H2,1-2H3,(H,21,22). The molecule has 0 atom stereocenters. The minimum Gasteiger partial charge on any atom is -0.497 e. The van der Waals surface area contributed by atoms with E-state index in [2.05, 4.69) is 10.3 Å². The van der Waals surface area contributed by atoms with Crippen LogP contribution in [-0.4, -0.2) is 24.6 Å². The first-order chi connectivity index (χ1) is 12.1. The number of benzene rings is 2. The first-order valence-corrected chi connectivity index (χ1v) is 8.61. The number of ether oxygens (including phenoxy) is 2. The first-order valence-electron chi connectivity index (χ1n) is 7.73. The highest BCUT2D eigenvalue weighted by Gasteiger charge is 2.07. The van der Waals surface area contributed by atoms with Crippen LogP contribution in [0.1, 0.15) is 5.01 Å². The third kappa shape index (κ3) is 4.58. The summed E-state index contributed by atoms with van der Waals surface area (Å²) in [5.41, 5.74) is 2.59. The molecule has 1 N–H and O–H groups in total. The number of nitrogens with zero attached hydrogens (tertiary/aromatic N) is 1. The fourth-order valence-corrected chi connectivity index (χ4v) is 2.91. The number of amides is 1. The van der Waals surface area contributed by atoms with Crippen LogP contribution in [0.3, 0.4) is 0 Å². The SMILES string of the molecule is COc1cccc(OCC(=O)Nc2cccc(-c3csc(C)n3)c2)c1. The third-order valence-corrected chi connectivity index (χ3v) is 4.25. The summed E-state index contributed by atoms with van der Waals surface area (Å²) >= 11 is 1.60. The molecule has 0 unspecified atom stereocenters. The normalized spacial score (nSPS) is 10.3. The zero-order valence-electron chi connectivity index (χ0n) is 14.0. The van der Waals surface area contributed by atoms with Crippen molar-refractivity contribution in [2.45, 2.75) is 6.92 Å². The molecule has 0 saturated carbocycles. The Morgan fingerprint density at radius 2 is 1.96 bits per heavy atom. The maximum absolute atomic E-state index is 12.1. The molecule has 0 fully saturated rings. The molecule has 3 aromatic rings. The third-order valence-electron chi connectivity index (χ3n) is 3.47. The molecule has 1 aromatic heterocycles. The van der Waals surface area contributed by atoms with E-state index in [1.807, 2.05) is 48.7 Å². The van der Waals surface area contributed by atoms with E-state index in [4.69, 9.17) is 9.47 Å². The summed E-state index contributed by atoms with van der Waals surface area (Å²) in [6, 6.07) is 14.7. The van der Waals surface area contributed by atoms with Gasteiger partial charge in [-0.05, 0) is 31.2 Å². The van der Waals surface area contributed by atoms with E-state index in [0.29, 0.717) is 17.2 Å². The van der Waals surface area contributed by atoms with E-state index in [1.165, 1.54) is 0 Å². The van der Waals surface area contributed by atoms with Crippen LogP contribution in [0.5, 0.6) is 11.5 Å². The van der Waals surface area contributed by atoms with E-state index < -0.39 is 0 Å². The number of hydrogen-bond acceptors (Lipinski definition) is 5. The van der Waals surface area contributed by atoms with Gasteiger partial charge in [-0.3, -0.25) is 4.79 Å². The Balaban J connectivity index is 1.61. The summed E-state index contributed by atoms with van der Waals surface area (Å²) in [4.78, 5) is 16.6. The molecule has 0 radical (unpaired) electrons. The fourth-order valence-electron chi connectivity index (χ4n) is 2.29. The van der Waals surface area contributed by atoms with E-state index in [9.17, 15) is 4.79 Å². The summed E-state index contributed by atoms with van der Waals surface area (Å²) in [6.45, 7) is 1.89. The number of nitrogens with one attached hydrogen (secondary N) is 1. The van der Waals surface area contributed by atoms with E-state index in [-0.39, 0.29) is 12.5 Å². The lowest BCUT2D eigenvalue weighted by molar-refractivity contribution is -0.118. The average Bonchev–Trinajstić information content (AvgIpc) is 3.07. The lowest BCUT2D eigenvalue weighted by atomic mass is 10.1. The Kier molecular flexibility index (Phi) is 5.30. The topological polar surface area (TPSA) is 60.5 Å². The molecule has 5 nitrogen and oxygen atoms in total. The molecule has 25 heavy (non-hydrogen) atoms. The first kappa shape index (κ1) is 17.0. The Morgan fingerprint density at radius 1 is 1.16 bits per heavy atom. The number of hydrogen-bond donors (Lipinski definition) is 1. The monoisotopic (exact) mass is 354 g/mol. The number of carbonyl (C=O) groups excluding carboxylic acids is 1. The van der Waals surface area contributed by atoms with Crippen LogP contribution in [0.25, 0.3) is 11.3 Å². The quantitative estimate of drug-likeness (QED) is 0.722. The number of thiazole rings is 1. The van der Waals surface area contributed by atoms with Crippen molar-refractivity contribution in [2.24, 2.45) is 0 Å². The van der Waals surface area contributed by atoms with Crippen LogP contribution in [0.2, 0.25) is 0 Å². The summed E-state index contributed by atoms with van der Waals surface area (Å²) < 4.78 is 10.6. The van der Waals surface area contributed by atoms with Gasteiger partial charge in [0.15, 0.2) is 6.61 Å². The van der Waals surface area contributed by atoms with Crippen molar-refractivity contribution in [3.05, 3.63) is 58.9 Å². The average molecular weight is 354 g/mol. The van der Waals surface area contributed by atoms with Gasteiger partial charge in [-0.25, -0.2) is 4.98 Å². The lowest BCUT2D eigenvalue weighted by Crippen LogP contribution is -2.20. The predicted octanol–water partition coefficient (Wildman–Crippen LogP) is 4.14. The second-order valence-corrected chi connectivity index (χ2v) is 6.41. The van der Waals surface area contributed by atoms with Gasteiger partial charge in [-0.1, -0.05) is 18.2 Å². The predicted molar refractivity (Wildman–Crippen MR) is 99.4 cm³/mol. The van der Waals surface area contributed by atoms with E-state index >= 15 is 0 Å². The number of aryl methyl sites for hydroxylation is 1. The van der Waals surface area contributed by atoms with Crippen molar-refractivity contribution in [2.75, 3.05) is 19.0 Å². The van der Waals surface area contributed by atoms with Crippen LogP contribution < -0.4 is 14.8 Å². The molecule has 0 aliphatic heterocycles. The van der Waals surface area contributed by atoms with Gasteiger partial charge >= 0.3 is 0 Å². The molecule has 1 amide bonds. The number of anilines is 1. The van der Waals surface area contributed by atoms with Crippen LogP contribution in [0.4, 0.5) is 5.69 Å². The molecule has 6 heteroatoms. The van der Waals surface area contributed by atoms with Crippen LogP contribution >= 0.6 is 11.3 Å². The molecule has 3 rings (SSSR count). The summed E-state index contributed by atoms with van der Waals surface area (Å²) in [5.74, 6) is 1.04. The minimum absolute atomic E-state index is 0.0762. The molecule has 0 aliphatic rings. The van der Waals surface area contributed by atoms with Crippen LogP contribution in [0, 0.1) is 6.92 Å². The molecular weight excluding hydrogens is 336 g/mol. The van der Waals surface area contributed by atoms with Gasteiger partial charge in [0.1, 0.15) is 11.5 Å². The van der Waals surface area contributed by atoms with Crippen molar-refractivity contribution in [1.82, 2.24) is 4.98 Å². The highest BCUT2D eigenvalue weighted by Crippen LogP contribution is 2.24.